The van der Waals surface area contributed by atoms with Gasteiger partial charge < -0.3 is 33.3 Å². The van der Waals surface area contributed by atoms with Crippen LogP contribution in [0, 0.1) is 17.8 Å². The lowest BCUT2D eigenvalue weighted by Crippen LogP contribution is -2.44. The first-order valence-electron chi connectivity index (χ1n) is 15.4. The molecule has 0 aromatic carbocycles. The van der Waals surface area contributed by atoms with Gasteiger partial charge in [-0.15, -0.1) is 0 Å². The Morgan fingerprint density at radius 3 is 1.63 bits per heavy atom. The Morgan fingerprint density at radius 1 is 0.683 bits per heavy atom. The quantitative estimate of drug-likeness (QED) is 0.102. The standard InChI is InChI=1S/C31H54N2O8/c1-4-30(34)40-16-14-33-12-7-10-29(26-33)27(3)28-9-6-11-32(25-28)13-8-15-36-17-18-37-19-20-38-21-22-39-23-24-41-31(35)5-2/h4-5,27-29H,1-2,6-26H2,3H3. The Morgan fingerprint density at radius 2 is 1.12 bits per heavy atom. The van der Waals surface area contributed by atoms with Crippen LogP contribution in [-0.4, -0.2) is 127 Å². The number of nitrogens with zero attached hydrogens (tertiary/aromatic N) is 2. The van der Waals surface area contributed by atoms with Gasteiger partial charge in [-0.05, 0) is 62.9 Å². The molecule has 236 valence electrons. The molecule has 0 aromatic heterocycles. The van der Waals surface area contributed by atoms with Gasteiger partial charge in [0, 0.05) is 44.9 Å². The van der Waals surface area contributed by atoms with Crippen LogP contribution in [0.2, 0.25) is 0 Å². The van der Waals surface area contributed by atoms with E-state index in [0.717, 1.165) is 51.2 Å². The van der Waals surface area contributed by atoms with Crippen LogP contribution in [0.3, 0.4) is 0 Å². The summed E-state index contributed by atoms with van der Waals surface area (Å²) in [6, 6.07) is 0. The maximum absolute atomic E-state index is 11.3. The number of hydrogen-bond acceptors (Lipinski definition) is 10. The molecule has 2 fully saturated rings. The molecule has 10 heteroatoms. The van der Waals surface area contributed by atoms with E-state index in [2.05, 4.69) is 29.9 Å². The summed E-state index contributed by atoms with van der Waals surface area (Å²) in [6.07, 6.45) is 8.52. The summed E-state index contributed by atoms with van der Waals surface area (Å²) >= 11 is 0. The van der Waals surface area contributed by atoms with E-state index in [-0.39, 0.29) is 12.6 Å². The average molecular weight is 583 g/mol. The molecule has 41 heavy (non-hydrogen) atoms. The van der Waals surface area contributed by atoms with Crippen LogP contribution in [0.1, 0.15) is 39.0 Å². The Labute approximate surface area is 247 Å². The minimum Gasteiger partial charge on any atom is -0.461 e. The van der Waals surface area contributed by atoms with E-state index in [1.165, 1.54) is 44.8 Å². The van der Waals surface area contributed by atoms with Gasteiger partial charge in [-0.1, -0.05) is 20.1 Å². The second kappa shape index (κ2) is 22.7. The van der Waals surface area contributed by atoms with Gasteiger partial charge in [0.25, 0.3) is 0 Å². The summed E-state index contributed by atoms with van der Waals surface area (Å²) in [6.45, 7) is 20.6. The molecule has 0 spiro atoms. The van der Waals surface area contributed by atoms with Crippen LogP contribution < -0.4 is 0 Å². The van der Waals surface area contributed by atoms with Gasteiger partial charge in [-0.2, -0.15) is 0 Å². The molecule has 0 aliphatic carbocycles. The molecule has 0 saturated carbocycles. The summed E-state index contributed by atoms with van der Waals surface area (Å²) in [7, 11) is 0. The highest BCUT2D eigenvalue weighted by atomic mass is 16.6. The SMILES string of the molecule is C=CC(=O)OCCOCCOCCOCCOCCCN1CCCC(C(C)C2CCCN(CCOC(=O)C=C)C2)C1. The minimum atomic E-state index is -0.445. The summed E-state index contributed by atoms with van der Waals surface area (Å²) < 4.78 is 32.1. The van der Waals surface area contributed by atoms with Crippen LogP contribution in [0.25, 0.3) is 0 Å². The molecule has 3 atom stereocenters. The first-order chi connectivity index (χ1) is 20.0. The second-order valence-corrected chi connectivity index (χ2v) is 10.8. The normalized spacial score (nSPS) is 20.8. The molecular formula is C31H54N2O8. The van der Waals surface area contributed by atoms with Gasteiger partial charge in [-0.3, -0.25) is 4.90 Å². The van der Waals surface area contributed by atoms with Crippen molar-refractivity contribution in [3.8, 4) is 0 Å². The van der Waals surface area contributed by atoms with Gasteiger partial charge in [0.15, 0.2) is 0 Å². The molecule has 0 radical (unpaired) electrons. The van der Waals surface area contributed by atoms with Gasteiger partial charge >= 0.3 is 11.9 Å². The Kier molecular flexibility index (Phi) is 19.6. The first-order valence-corrected chi connectivity index (χ1v) is 15.4. The highest BCUT2D eigenvalue weighted by Gasteiger charge is 2.32. The van der Waals surface area contributed by atoms with Gasteiger partial charge in [0.1, 0.15) is 13.2 Å². The lowest BCUT2D eigenvalue weighted by molar-refractivity contribution is -0.139. The number of piperidine rings is 2. The Hall–Kier alpha value is -1.82. The van der Waals surface area contributed by atoms with E-state index in [1.54, 1.807) is 0 Å². The number of rotatable bonds is 23. The predicted molar refractivity (Wildman–Crippen MR) is 158 cm³/mol. The van der Waals surface area contributed by atoms with E-state index in [4.69, 9.17) is 28.4 Å². The van der Waals surface area contributed by atoms with Crippen LogP contribution in [0.4, 0.5) is 0 Å². The van der Waals surface area contributed by atoms with E-state index in [9.17, 15) is 9.59 Å². The van der Waals surface area contributed by atoms with Gasteiger partial charge in [0.2, 0.25) is 0 Å². The molecule has 3 unspecified atom stereocenters. The van der Waals surface area contributed by atoms with Crippen molar-refractivity contribution in [3.63, 3.8) is 0 Å². The number of carbonyl (C=O) groups excluding carboxylic acids is 2. The molecule has 0 N–H and O–H groups in total. The van der Waals surface area contributed by atoms with Gasteiger partial charge in [0.05, 0.1) is 46.2 Å². The van der Waals surface area contributed by atoms with E-state index in [0.29, 0.717) is 64.7 Å². The molecule has 0 bridgehead atoms. The van der Waals surface area contributed by atoms with E-state index in [1.807, 2.05) is 0 Å². The van der Waals surface area contributed by atoms with Crippen molar-refractivity contribution in [3.05, 3.63) is 25.3 Å². The van der Waals surface area contributed by atoms with Crippen LogP contribution >= 0.6 is 0 Å². The van der Waals surface area contributed by atoms with E-state index >= 15 is 0 Å². The summed E-state index contributed by atoms with van der Waals surface area (Å²) in [5, 5.41) is 0. The molecular weight excluding hydrogens is 528 g/mol. The monoisotopic (exact) mass is 582 g/mol. The predicted octanol–water partition coefficient (Wildman–Crippen LogP) is 2.96. The third kappa shape index (κ3) is 16.4. The Bertz CT molecular complexity index is 737. The zero-order valence-corrected chi connectivity index (χ0v) is 25.3. The lowest BCUT2D eigenvalue weighted by Gasteiger charge is -2.42. The van der Waals surface area contributed by atoms with Crippen LogP contribution in [0.15, 0.2) is 25.3 Å². The highest BCUT2D eigenvalue weighted by Crippen LogP contribution is 2.33. The molecule has 2 rings (SSSR count). The topological polar surface area (TPSA) is 96.0 Å². The van der Waals surface area contributed by atoms with Crippen molar-refractivity contribution in [1.82, 2.24) is 9.80 Å². The summed E-state index contributed by atoms with van der Waals surface area (Å²) in [4.78, 5) is 27.3. The number of ether oxygens (including phenoxy) is 6. The molecule has 10 nitrogen and oxygen atoms in total. The summed E-state index contributed by atoms with van der Waals surface area (Å²) in [5.41, 5.74) is 0. The third-order valence-corrected chi connectivity index (χ3v) is 7.91. The maximum atomic E-state index is 11.3. The fourth-order valence-electron chi connectivity index (χ4n) is 5.58. The second-order valence-electron chi connectivity index (χ2n) is 10.8. The van der Waals surface area contributed by atoms with Crippen molar-refractivity contribution < 1.29 is 38.0 Å². The van der Waals surface area contributed by atoms with Crippen LogP contribution in [-0.2, 0) is 38.0 Å². The van der Waals surface area contributed by atoms with Crippen molar-refractivity contribution in [2.45, 2.75) is 39.0 Å². The summed E-state index contributed by atoms with van der Waals surface area (Å²) in [5.74, 6) is 1.38. The number of hydrogen-bond donors (Lipinski definition) is 0. The van der Waals surface area contributed by atoms with E-state index < -0.39 is 5.97 Å². The minimum absolute atomic E-state index is 0.214. The number of esters is 2. The molecule has 2 aliphatic heterocycles. The van der Waals surface area contributed by atoms with Crippen molar-refractivity contribution >= 4 is 11.9 Å². The zero-order valence-electron chi connectivity index (χ0n) is 25.3. The smallest absolute Gasteiger partial charge is 0.330 e. The molecule has 2 aliphatic rings. The van der Waals surface area contributed by atoms with Crippen molar-refractivity contribution in [2.75, 3.05) is 105 Å². The third-order valence-electron chi connectivity index (χ3n) is 7.91. The molecule has 0 amide bonds. The highest BCUT2D eigenvalue weighted by molar-refractivity contribution is 5.81. The van der Waals surface area contributed by atoms with Crippen molar-refractivity contribution in [2.24, 2.45) is 17.8 Å². The maximum Gasteiger partial charge on any atom is 0.330 e. The fourth-order valence-corrected chi connectivity index (χ4v) is 5.58. The molecule has 0 aromatic rings. The lowest BCUT2D eigenvalue weighted by atomic mass is 9.75. The van der Waals surface area contributed by atoms with Crippen molar-refractivity contribution in [1.29, 1.82) is 0 Å². The Balaban J connectivity index is 1.43. The van der Waals surface area contributed by atoms with Gasteiger partial charge in [-0.25, -0.2) is 9.59 Å². The average Bonchev–Trinajstić information content (AvgIpc) is 3.00. The van der Waals surface area contributed by atoms with Crippen LogP contribution in [0.5, 0.6) is 0 Å². The number of carbonyl (C=O) groups is 2. The number of likely N-dealkylation sites (tertiary alicyclic amines) is 2. The molecule has 2 heterocycles. The fraction of sp³-hybridized carbons (Fsp3) is 0.806. The largest absolute Gasteiger partial charge is 0.461 e. The zero-order chi connectivity index (χ0) is 29.5. The first kappa shape index (κ1) is 35.4. The molecule has 2 saturated heterocycles.